The van der Waals surface area contributed by atoms with E-state index in [-0.39, 0.29) is 17.0 Å². The van der Waals surface area contributed by atoms with Crippen molar-refractivity contribution >= 4 is 33.3 Å². The van der Waals surface area contributed by atoms with E-state index in [2.05, 4.69) is 0 Å². The Bertz CT molecular complexity index is 1410. The summed E-state index contributed by atoms with van der Waals surface area (Å²) in [4.78, 5) is 25.9. The number of aliphatic hydroxyl groups is 1. The molecule has 1 amide bonds. The topological polar surface area (TPSA) is 101 Å². The van der Waals surface area contributed by atoms with Crippen LogP contribution < -0.4 is 0 Å². The van der Waals surface area contributed by atoms with Crippen LogP contribution in [-0.4, -0.2) is 37.4 Å². The third-order valence-electron chi connectivity index (χ3n) is 5.79. The lowest BCUT2D eigenvalue weighted by atomic mass is 10.0. The minimum absolute atomic E-state index is 0.0242. The van der Waals surface area contributed by atoms with Crippen molar-refractivity contribution < 1.29 is 27.9 Å². The number of carbonyl (C=O) groups excluding carboxylic acids is 2. The van der Waals surface area contributed by atoms with E-state index in [0.717, 1.165) is 5.56 Å². The van der Waals surface area contributed by atoms with Crippen LogP contribution in [0.1, 0.15) is 33.1 Å². The van der Waals surface area contributed by atoms with Crippen LogP contribution in [0.3, 0.4) is 0 Å². The summed E-state index contributed by atoms with van der Waals surface area (Å²) in [6, 6.07) is 17.9. The van der Waals surface area contributed by atoms with Gasteiger partial charge in [0.2, 0.25) is 9.84 Å². The van der Waals surface area contributed by atoms with Gasteiger partial charge in [0, 0.05) is 11.6 Å². The molecule has 4 rings (SSSR count). The molecule has 3 aromatic carbocycles. The Morgan fingerprint density at radius 2 is 1.60 bits per heavy atom. The highest BCUT2D eigenvalue weighted by molar-refractivity contribution is 7.95. The molecule has 0 aliphatic carbocycles. The lowest BCUT2D eigenvalue weighted by molar-refractivity contribution is -0.130. The van der Waals surface area contributed by atoms with Crippen molar-refractivity contribution in [3.63, 3.8) is 0 Å². The van der Waals surface area contributed by atoms with Gasteiger partial charge in [-0.15, -0.1) is 0 Å². The fourth-order valence-electron chi connectivity index (χ4n) is 3.95. The molecule has 35 heavy (non-hydrogen) atoms. The first-order valence-corrected chi connectivity index (χ1v) is 12.5. The standard InChI is InChI=1S/C26H22ClNO6S/c1-16-3-13-21(14-4-16)35(32,33)24-22(18-7-9-19(10-8-18)26(31)34-2)28(25(30)23(24)29)15-17-5-11-20(27)12-6-17/h3-14,22,29H,15H2,1-2H3. The van der Waals surface area contributed by atoms with E-state index in [1.54, 1.807) is 48.5 Å². The number of nitrogens with zero attached hydrogens (tertiary/aromatic N) is 1. The fraction of sp³-hybridized carbons (Fsp3) is 0.154. The maximum Gasteiger partial charge on any atom is 0.337 e. The molecule has 0 saturated carbocycles. The number of ether oxygens (including phenoxy) is 1. The predicted octanol–water partition coefficient (Wildman–Crippen LogP) is 4.76. The maximum atomic E-state index is 13.7. The van der Waals surface area contributed by atoms with Gasteiger partial charge >= 0.3 is 5.97 Å². The number of benzene rings is 3. The molecule has 1 unspecified atom stereocenters. The minimum atomic E-state index is -4.24. The van der Waals surface area contributed by atoms with Crippen LogP contribution in [0.25, 0.3) is 0 Å². The predicted molar refractivity (Wildman–Crippen MR) is 131 cm³/mol. The molecule has 7 nitrogen and oxygen atoms in total. The first-order chi connectivity index (χ1) is 16.6. The third-order valence-corrected chi connectivity index (χ3v) is 7.93. The molecule has 1 N–H and O–H groups in total. The Morgan fingerprint density at radius 1 is 1.00 bits per heavy atom. The normalized spacial score (nSPS) is 16.0. The largest absolute Gasteiger partial charge is 0.502 e. The lowest BCUT2D eigenvalue weighted by Gasteiger charge is -2.27. The van der Waals surface area contributed by atoms with Crippen LogP contribution >= 0.6 is 11.6 Å². The van der Waals surface area contributed by atoms with Crippen LogP contribution in [0.2, 0.25) is 5.02 Å². The van der Waals surface area contributed by atoms with Crippen molar-refractivity contribution in [2.45, 2.75) is 24.4 Å². The molecule has 1 heterocycles. The zero-order chi connectivity index (χ0) is 25.3. The van der Waals surface area contributed by atoms with Crippen molar-refractivity contribution in [2.24, 2.45) is 0 Å². The van der Waals surface area contributed by atoms with E-state index in [4.69, 9.17) is 16.3 Å². The van der Waals surface area contributed by atoms with E-state index in [0.29, 0.717) is 16.1 Å². The van der Waals surface area contributed by atoms with Crippen LogP contribution in [0.15, 0.2) is 88.4 Å². The van der Waals surface area contributed by atoms with Gasteiger partial charge in [-0.1, -0.05) is 53.6 Å². The van der Waals surface area contributed by atoms with Gasteiger partial charge in [0.05, 0.1) is 23.6 Å². The molecular formula is C26H22ClNO6S. The average Bonchev–Trinajstić information content (AvgIpc) is 3.10. The van der Waals surface area contributed by atoms with E-state index in [9.17, 15) is 23.1 Å². The molecule has 1 aliphatic heterocycles. The molecule has 1 atom stereocenters. The summed E-state index contributed by atoms with van der Waals surface area (Å²) < 4.78 is 32.1. The summed E-state index contributed by atoms with van der Waals surface area (Å²) in [6.07, 6.45) is 0. The molecule has 1 aliphatic rings. The van der Waals surface area contributed by atoms with Gasteiger partial charge in [0.1, 0.15) is 4.91 Å². The number of carbonyl (C=O) groups is 2. The fourth-order valence-corrected chi connectivity index (χ4v) is 5.72. The number of aryl methyl sites for hydroxylation is 1. The number of esters is 1. The second-order valence-electron chi connectivity index (χ2n) is 8.10. The van der Waals surface area contributed by atoms with Crippen molar-refractivity contribution in [1.82, 2.24) is 4.90 Å². The highest BCUT2D eigenvalue weighted by atomic mass is 35.5. The quantitative estimate of drug-likeness (QED) is 0.479. The number of amides is 1. The second-order valence-corrected chi connectivity index (χ2v) is 10.5. The number of rotatable bonds is 6. The summed E-state index contributed by atoms with van der Waals surface area (Å²) >= 11 is 5.97. The number of methoxy groups -OCH3 is 1. The van der Waals surface area contributed by atoms with Gasteiger partial charge in [-0.25, -0.2) is 13.2 Å². The van der Waals surface area contributed by atoms with Gasteiger partial charge in [0.15, 0.2) is 5.76 Å². The van der Waals surface area contributed by atoms with Crippen molar-refractivity contribution in [3.05, 3.63) is 111 Å². The molecule has 0 spiro atoms. The van der Waals surface area contributed by atoms with Gasteiger partial charge in [-0.3, -0.25) is 4.79 Å². The smallest absolute Gasteiger partial charge is 0.337 e. The highest BCUT2D eigenvalue weighted by Gasteiger charge is 2.46. The Morgan fingerprint density at radius 3 is 2.17 bits per heavy atom. The van der Waals surface area contributed by atoms with Crippen LogP contribution in [-0.2, 0) is 25.9 Å². The molecule has 9 heteroatoms. The van der Waals surface area contributed by atoms with Crippen molar-refractivity contribution in [1.29, 1.82) is 0 Å². The number of hydrogen-bond donors (Lipinski definition) is 1. The number of hydrogen-bond acceptors (Lipinski definition) is 6. The van der Waals surface area contributed by atoms with Crippen LogP contribution in [0, 0.1) is 6.92 Å². The van der Waals surface area contributed by atoms with Crippen LogP contribution in [0.5, 0.6) is 0 Å². The summed E-state index contributed by atoms with van der Waals surface area (Å²) in [7, 11) is -2.99. The molecule has 3 aromatic rings. The zero-order valence-corrected chi connectivity index (χ0v) is 20.5. The van der Waals surface area contributed by atoms with Crippen molar-refractivity contribution in [3.8, 4) is 0 Å². The highest BCUT2D eigenvalue weighted by Crippen LogP contribution is 2.43. The van der Waals surface area contributed by atoms with Crippen LogP contribution in [0.4, 0.5) is 0 Å². The average molecular weight is 512 g/mol. The Hall–Kier alpha value is -3.62. The molecular weight excluding hydrogens is 490 g/mol. The monoisotopic (exact) mass is 511 g/mol. The van der Waals surface area contributed by atoms with Gasteiger partial charge < -0.3 is 14.7 Å². The molecule has 0 bridgehead atoms. The summed E-state index contributed by atoms with van der Waals surface area (Å²) in [5, 5.41) is 11.3. The van der Waals surface area contributed by atoms with Crippen molar-refractivity contribution in [2.75, 3.05) is 7.11 Å². The second kappa shape index (κ2) is 9.56. The first kappa shape index (κ1) is 24.5. The molecule has 0 saturated heterocycles. The van der Waals surface area contributed by atoms with E-state index >= 15 is 0 Å². The minimum Gasteiger partial charge on any atom is -0.502 e. The summed E-state index contributed by atoms with van der Waals surface area (Å²) in [6.45, 7) is 1.85. The lowest BCUT2D eigenvalue weighted by Crippen LogP contribution is -2.30. The molecule has 180 valence electrons. The molecule has 0 fully saturated rings. The van der Waals surface area contributed by atoms with Gasteiger partial charge in [-0.05, 0) is 54.4 Å². The molecule has 0 aromatic heterocycles. The Labute approximate surface area is 208 Å². The summed E-state index contributed by atoms with van der Waals surface area (Å²) in [5.41, 5.74) is 2.24. The first-order valence-electron chi connectivity index (χ1n) is 10.6. The zero-order valence-electron chi connectivity index (χ0n) is 18.9. The number of sulfone groups is 1. The SMILES string of the molecule is COC(=O)c1ccc(C2C(S(=O)(=O)c3ccc(C)cc3)=C(O)C(=O)N2Cc2ccc(Cl)cc2)cc1. The Kier molecular flexibility index (Phi) is 6.69. The van der Waals surface area contributed by atoms with Gasteiger partial charge in [0.25, 0.3) is 5.91 Å². The van der Waals surface area contributed by atoms with E-state index in [1.807, 2.05) is 6.92 Å². The number of halogens is 1. The third kappa shape index (κ3) is 4.67. The van der Waals surface area contributed by atoms with E-state index < -0.39 is 38.4 Å². The summed E-state index contributed by atoms with van der Waals surface area (Å²) in [5.74, 6) is -2.20. The Balaban J connectivity index is 1.84. The van der Waals surface area contributed by atoms with E-state index in [1.165, 1.54) is 36.3 Å². The number of aliphatic hydroxyl groups excluding tert-OH is 1. The maximum absolute atomic E-state index is 13.7. The van der Waals surface area contributed by atoms with Gasteiger partial charge in [-0.2, -0.15) is 0 Å². The molecule has 0 radical (unpaired) electrons.